The predicted molar refractivity (Wildman–Crippen MR) is 79.7 cm³/mol. The van der Waals surface area contributed by atoms with Gasteiger partial charge in [0.25, 0.3) is 5.91 Å². The molecular weight excluding hydrogens is 252 g/mol. The molecule has 20 heavy (non-hydrogen) atoms. The predicted octanol–water partition coefficient (Wildman–Crippen LogP) is 3.37. The number of hydrogen-bond donors (Lipinski definition) is 1. The molecule has 1 aromatic heterocycles. The number of nitrogens with one attached hydrogen (secondary N) is 1. The van der Waals surface area contributed by atoms with Crippen molar-refractivity contribution in [3.8, 4) is 0 Å². The Morgan fingerprint density at radius 3 is 2.65 bits per heavy atom. The summed E-state index contributed by atoms with van der Waals surface area (Å²) in [6.07, 6.45) is 1.65. The summed E-state index contributed by atoms with van der Waals surface area (Å²) in [4.78, 5) is 14.1. The fraction of sp³-hybridized carbons (Fsp3) is 0.312. The van der Waals surface area contributed by atoms with Gasteiger partial charge >= 0.3 is 0 Å². The number of carbonyl (C=O) groups excluding carboxylic acids is 1. The van der Waals surface area contributed by atoms with Crippen LogP contribution in [0, 0.1) is 0 Å². The minimum atomic E-state index is 0.0663. The van der Waals surface area contributed by atoms with Crippen molar-refractivity contribution in [2.45, 2.75) is 20.4 Å². The average molecular weight is 272 g/mol. The quantitative estimate of drug-likeness (QED) is 0.877. The highest BCUT2D eigenvalue weighted by atomic mass is 16.3. The smallest absolute Gasteiger partial charge is 0.253 e. The first-order valence-electron chi connectivity index (χ1n) is 6.90. The van der Waals surface area contributed by atoms with Crippen molar-refractivity contribution < 1.29 is 9.21 Å². The van der Waals surface area contributed by atoms with Gasteiger partial charge in [-0.2, -0.15) is 0 Å². The van der Waals surface area contributed by atoms with Crippen molar-refractivity contribution in [3.63, 3.8) is 0 Å². The van der Waals surface area contributed by atoms with Gasteiger partial charge in [-0.05, 0) is 44.2 Å². The number of hydrogen-bond acceptors (Lipinski definition) is 3. The summed E-state index contributed by atoms with van der Waals surface area (Å²) in [5.74, 6) is 0.933. The summed E-state index contributed by atoms with van der Waals surface area (Å²) in [5.41, 5.74) is 1.62. The van der Waals surface area contributed by atoms with Gasteiger partial charge in [0.05, 0.1) is 12.8 Å². The Balaban J connectivity index is 2.05. The van der Waals surface area contributed by atoms with E-state index in [4.69, 9.17) is 4.42 Å². The summed E-state index contributed by atoms with van der Waals surface area (Å²) in [6, 6.07) is 11.3. The Morgan fingerprint density at radius 1 is 1.20 bits per heavy atom. The molecule has 0 aliphatic rings. The summed E-state index contributed by atoms with van der Waals surface area (Å²) in [6.45, 7) is 6.02. The summed E-state index contributed by atoms with van der Waals surface area (Å²) < 4.78 is 5.27. The van der Waals surface area contributed by atoms with Crippen LogP contribution >= 0.6 is 0 Å². The molecule has 1 amide bonds. The van der Waals surface area contributed by atoms with E-state index in [-0.39, 0.29) is 5.91 Å². The fourth-order valence-electron chi connectivity index (χ4n) is 2.06. The van der Waals surface area contributed by atoms with E-state index in [0.717, 1.165) is 24.5 Å². The topological polar surface area (TPSA) is 45.5 Å². The molecule has 0 aliphatic carbocycles. The lowest BCUT2D eigenvalue weighted by Gasteiger charge is -2.19. The van der Waals surface area contributed by atoms with Gasteiger partial charge in [-0.15, -0.1) is 0 Å². The molecule has 4 nitrogen and oxygen atoms in total. The van der Waals surface area contributed by atoms with Crippen molar-refractivity contribution in [1.29, 1.82) is 0 Å². The molecule has 0 bridgehead atoms. The lowest BCUT2D eigenvalue weighted by molar-refractivity contribution is 0.0773. The Bertz CT molecular complexity index is 545. The first kappa shape index (κ1) is 14.2. The van der Waals surface area contributed by atoms with Crippen LogP contribution in [-0.2, 0) is 6.54 Å². The number of anilines is 1. The van der Waals surface area contributed by atoms with Crippen LogP contribution in [0.2, 0.25) is 0 Å². The fourth-order valence-corrected chi connectivity index (χ4v) is 2.06. The van der Waals surface area contributed by atoms with Gasteiger partial charge in [-0.25, -0.2) is 0 Å². The maximum Gasteiger partial charge on any atom is 0.253 e. The highest BCUT2D eigenvalue weighted by Crippen LogP contribution is 2.14. The maximum absolute atomic E-state index is 12.3. The number of rotatable bonds is 6. The van der Waals surface area contributed by atoms with E-state index in [9.17, 15) is 4.79 Å². The maximum atomic E-state index is 12.3. The largest absolute Gasteiger partial charge is 0.467 e. The Labute approximate surface area is 119 Å². The molecule has 0 aliphatic heterocycles. The molecule has 0 saturated carbocycles. The van der Waals surface area contributed by atoms with Crippen LogP contribution in [0.4, 0.5) is 5.69 Å². The van der Waals surface area contributed by atoms with Gasteiger partial charge in [0.1, 0.15) is 5.76 Å². The van der Waals surface area contributed by atoms with E-state index in [2.05, 4.69) is 5.32 Å². The third-order valence-electron chi connectivity index (χ3n) is 3.21. The lowest BCUT2D eigenvalue weighted by Crippen LogP contribution is -2.30. The molecule has 2 aromatic rings. The number of carbonyl (C=O) groups is 1. The van der Waals surface area contributed by atoms with Gasteiger partial charge in [0.2, 0.25) is 0 Å². The lowest BCUT2D eigenvalue weighted by atomic mass is 10.1. The third kappa shape index (κ3) is 3.41. The molecule has 0 atom stereocenters. The Morgan fingerprint density at radius 2 is 2.00 bits per heavy atom. The highest BCUT2D eigenvalue weighted by Gasteiger charge is 2.12. The van der Waals surface area contributed by atoms with E-state index in [1.807, 2.05) is 55.1 Å². The number of amides is 1. The third-order valence-corrected chi connectivity index (χ3v) is 3.21. The Hall–Kier alpha value is -2.23. The second-order valence-corrected chi connectivity index (χ2v) is 4.49. The number of benzene rings is 1. The molecule has 1 aromatic carbocycles. The van der Waals surface area contributed by atoms with Gasteiger partial charge < -0.3 is 14.6 Å². The summed E-state index contributed by atoms with van der Waals surface area (Å²) in [5, 5.41) is 3.25. The van der Waals surface area contributed by atoms with Crippen LogP contribution in [0.5, 0.6) is 0 Å². The molecule has 106 valence electrons. The molecule has 4 heteroatoms. The first-order valence-corrected chi connectivity index (χ1v) is 6.90. The molecule has 1 N–H and O–H groups in total. The monoisotopic (exact) mass is 272 g/mol. The van der Waals surface area contributed by atoms with E-state index in [1.54, 1.807) is 6.26 Å². The van der Waals surface area contributed by atoms with Crippen LogP contribution in [0.25, 0.3) is 0 Å². The zero-order chi connectivity index (χ0) is 14.4. The normalized spacial score (nSPS) is 10.3. The molecule has 0 fully saturated rings. The van der Waals surface area contributed by atoms with Crippen LogP contribution < -0.4 is 5.32 Å². The summed E-state index contributed by atoms with van der Waals surface area (Å²) >= 11 is 0. The molecule has 0 saturated heterocycles. The summed E-state index contributed by atoms with van der Waals surface area (Å²) in [7, 11) is 0. The minimum Gasteiger partial charge on any atom is -0.467 e. The molecule has 2 rings (SSSR count). The standard InChI is InChI=1S/C16H20N2O2/c1-3-18(4-2)16(19)13-7-5-8-14(11-13)17-12-15-9-6-10-20-15/h5-11,17H,3-4,12H2,1-2H3. The molecule has 0 unspecified atom stereocenters. The SMILES string of the molecule is CCN(CC)C(=O)c1cccc(NCc2ccco2)c1. The van der Waals surface area contributed by atoms with Crippen LogP contribution in [-0.4, -0.2) is 23.9 Å². The second-order valence-electron chi connectivity index (χ2n) is 4.49. The highest BCUT2D eigenvalue weighted by molar-refractivity contribution is 5.95. The van der Waals surface area contributed by atoms with Crippen molar-refractivity contribution in [2.75, 3.05) is 18.4 Å². The van der Waals surface area contributed by atoms with Crippen LogP contribution in [0.1, 0.15) is 30.0 Å². The number of nitrogens with zero attached hydrogens (tertiary/aromatic N) is 1. The second kappa shape index (κ2) is 6.80. The Kier molecular flexibility index (Phi) is 4.82. The van der Waals surface area contributed by atoms with Crippen molar-refractivity contribution in [3.05, 3.63) is 54.0 Å². The van der Waals surface area contributed by atoms with Gasteiger partial charge in [0, 0.05) is 24.3 Å². The molecule has 0 spiro atoms. The van der Waals surface area contributed by atoms with E-state index >= 15 is 0 Å². The van der Waals surface area contributed by atoms with Crippen molar-refractivity contribution in [1.82, 2.24) is 4.90 Å². The molecular formula is C16H20N2O2. The van der Waals surface area contributed by atoms with Crippen molar-refractivity contribution >= 4 is 11.6 Å². The van der Waals surface area contributed by atoms with E-state index < -0.39 is 0 Å². The van der Waals surface area contributed by atoms with Crippen LogP contribution in [0.15, 0.2) is 47.1 Å². The molecule has 1 heterocycles. The van der Waals surface area contributed by atoms with Gasteiger partial charge in [-0.3, -0.25) is 4.79 Å². The van der Waals surface area contributed by atoms with Gasteiger partial charge in [-0.1, -0.05) is 6.07 Å². The van der Waals surface area contributed by atoms with E-state index in [0.29, 0.717) is 12.1 Å². The number of furan rings is 1. The van der Waals surface area contributed by atoms with Gasteiger partial charge in [0.15, 0.2) is 0 Å². The minimum absolute atomic E-state index is 0.0663. The first-order chi connectivity index (χ1) is 9.74. The van der Waals surface area contributed by atoms with E-state index in [1.165, 1.54) is 0 Å². The average Bonchev–Trinajstić information content (AvgIpc) is 3.00. The zero-order valence-corrected chi connectivity index (χ0v) is 11.9. The zero-order valence-electron chi connectivity index (χ0n) is 11.9. The van der Waals surface area contributed by atoms with Crippen LogP contribution in [0.3, 0.4) is 0 Å². The molecule has 0 radical (unpaired) electrons. The van der Waals surface area contributed by atoms with Crippen molar-refractivity contribution in [2.24, 2.45) is 0 Å².